The lowest BCUT2D eigenvalue weighted by Crippen LogP contribution is -2.70. The van der Waals surface area contributed by atoms with Crippen molar-refractivity contribution in [3.05, 3.63) is 0 Å². The van der Waals surface area contributed by atoms with Gasteiger partial charge in [-0.2, -0.15) is 61.1 Å². The van der Waals surface area contributed by atoms with Gasteiger partial charge in [-0.05, 0) is 0 Å². The second-order valence-electron chi connectivity index (χ2n) is 5.10. The number of hydrogen-bond acceptors (Lipinski definition) is 2. The van der Waals surface area contributed by atoms with Gasteiger partial charge in [0.25, 0.3) is 10.1 Å². The number of alkyl halides is 12. The van der Waals surface area contributed by atoms with Crippen molar-refractivity contribution in [1.29, 1.82) is 0 Å². The molecule has 0 aliphatic rings. The molecule has 0 aromatic carbocycles. The van der Waals surface area contributed by atoms with Crippen molar-refractivity contribution in [2.45, 2.75) is 55.3 Å². The fourth-order valence-electron chi connectivity index (χ4n) is 1.49. The minimum absolute atomic E-state index is 0.112. The second kappa shape index (κ2) is 6.60. The van der Waals surface area contributed by atoms with Crippen LogP contribution in [0, 0.1) is 0 Å². The molecule has 158 valence electrons. The molecular formula is C10H10F12O3S. The minimum Gasteiger partial charge on any atom is -0.286 e. The first-order chi connectivity index (χ1) is 11.0. The lowest BCUT2D eigenvalue weighted by molar-refractivity contribution is -0.425. The summed E-state index contributed by atoms with van der Waals surface area (Å²) in [6, 6.07) is 0. The van der Waals surface area contributed by atoms with Gasteiger partial charge in [0.05, 0.1) is 5.75 Å². The molecule has 0 amide bonds. The van der Waals surface area contributed by atoms with Gasteiger partial charge in [0, 0.05) is 12.8 Å². The monoisotopic (exact) mass is 438 g/mol. The summed E-state index contributed by atoms with van der Waals surface area (Å²) in [6.45, 7) is 0.112. The summed E-state index contributed by atoms with van der Waals surface area (Å²) in [5.74, 6) is -44.6. The van der Waals surface area contributed by atoms with Crippen molar-refractivity contribution < 1.29 is 65.7 Å². The van der Waals surface area contributed by atoms with Gasteiger partial charge in [-0.1, -0.05) is 6.92 Å². The van der Waals surface area contributed by atoms with E-state index in [0.29, 0.717) is 0 Å². The molecule has 0 saturated carbocycles. The Labute approximate surface area is 138 Å². The average Bonchev–Trinajstić information content (AvgIpc) is 2.43. The molecule has 0 unspecified atom stereocenters. The average molecular weight is 438 g/mol. The molecule has 16 heteroatoms. The SMILES string of the molecule is CCC(F)(F)C(F)(F)C(F)(F)C(F)(F)C(F)(F)C(F)(F)CCS(=O)(=O)O. The maximum Gasteiger partial charge on any atom is 0.384 e. The first-order valence-corrected chi connectivity index (χ1v) is 7.85. The van der Waals surface area contributed by atoms with Crippen molar-refractivity contribution in [2.75, 3.05) is 5.75 Å². The predicted octanol–water partition coefficient (Wildman–Crippen LogP) is 4.49. The van der Waals surface area contributed by atoms with E-state index in [4.69, 9.17) is 4.55 Å². The lowest BCUT2D eigenvalue weighted by atomic mass is 9.90. The van der Waals surface area contributed by atoms with Gasteiger partial charge in [0.2, 0.25) is 0 Å². The fourth-order valence-corrected chi connectivity index (χ4v) is 2.00. The molecule has 26 heavy (non-hydrogen) atoms. The maximum atomic E-state index is 13.3. The third-order valence-electron chi connectivity index (χ3n) is 3.22. The van der Waals surface area contributed by atoms with E-state index in [9.17, 15) is 61.1 Å². The highest BCUT2D eigenvalue weighted by Crippen LogP contribution is 2.60. The van der Waals surface area contributed by atoms with Gasteiger partial charge < -0.3 is 0 Å². The van der Waals surface area contributed by atoms with Crippen LogP contribution in [0.5, 0.6) is 0 Å². The van der Waals surface area contributed by atoms with Crippen molar-refractivity contribution in [3.8, 4) is 0 Å². The third-order valence-corrected chi connectivity index (χ3v) is 3.94. The first kappa shape index (κ1) is 25.1. The molecule has 0 spiro atoms. The van der Waals surface area contributed by atoms with Crippen LogP contribution in [0.4, 0.5) is 52.7 Å². The van der Waals surface area contributed by atoms with Crippen LogP contribution in [0.2, 0.25) is 0 Å². The maximum absolute atomic E-state index is 13.3. The Hall–Kier alpha value is -0.930. The Kier molecular flexibility index (Phi) is 6.36. The highest BCUT2D eigenvalue weighted by atomic mass is 32.2. The van der Waals surface area contributed by atoms with E-state index in [1.807, 2.05) is 0 Å². The largest absolute Gasteiger partial charge is 0.384 e. The molecular weight excluding hydrogens is 428 g/mol. The lowest BCUT2D eigenvalue weighted by Gasteiger charge is -2.41. The smallest absolute Gasteiger partial charge is 0.286 e. The Bertz CT molecular complexity index is 613. The first-order valence-electron chi connectivity index (χ1n) is 6.24. The predicted molar refractivity (Wildman–Crippen MR) is 61.0 cm³/mol. The summed E-state index contributed by atoms with van der Waals surface area (Å²) in [5, 5.41) is 0. The quantitative estimate of drug-likeness (QED) is 0.427. The van der Waals surface area contributed by atoms with E-state index in [1.165, 1.54) is 0 Å². The molecule has 0 saturated heterocycles. The standard InChI is InChI=1S/C10H10F12O3S/c1-2-5(11,12)7(15,16)9(19,20)10(21,22)8(17,18)6(13,14)3-4-26(23,24)25/h2-4H2,1H3,(H,23,24,25). The molecule has 0 bridgehead atoms. The molecule has 1 N–H and O–H groups in total. The van der Waals surface area contributed by atoms with E-state index in [-0.39, 0.29) is 6.92 Å². The molecule has 0 rings (SSSR count). The van der Waals surface area contributed by atoms with E-state index in [2.05, 4.69) is 0 Å². The van der Waals surface area contributed by atoms with E-state index < -0.39 is 64.2 Å². The zero-order valence-corrected chi connectivity index (χ0v) is 13.1. The molecule has 0 aromatic heterocycles. The summed E-state index contributed by atoms with van der Waals surface area (Å²) in [5.41, 5.74) is 0. The second-order valence-corrected chi connectivity index (χ2v) is 6.67. The molecule has 0 fully saturated rings. The van der Waals surface area contributed by atoms with Gasteiger partial charge in [0.1, 0.15) is 0 Å². The molecule has 0 aliphatic heterocycles. The summed E-state index contributed by atoms with van der Waals surface area (Å²) in [4.78, 5) is 0. The van der Waals surface area contributed by atoms with Gasteiger partial charge in [-0.3, -0.25) is 4.55 Å². The Morgan fingerprint density at radius 2 is 0.962 bits per heavy atom. The number of halogens is 12. The molecule has 0 radical (unpaired) electrons. The highest BCUT2D eigenvalue weighted by Gasteiger charge is 2.89. The highest BCUT2D eigenvalue weighted by molar-refractivity contribution is 7.85. The van der Waals surface area contributed by atoms with Crippen LogP contribution in [-0.4, -0.2) is 54.3 Å². The van der Waals surface area contributed by atoms with Gasteiger partial charge >= 0.3 is 35.5 Å². The summed E-state index contributed by atoms with van der Waals surface area (Å²) >= 11 is 0. The van der Waals surface area contributed by atoms with Crippen LogP contribution in [0.15, 0.2) is 0 Å². The number of hydrogen-bond donors (Lipinski definition) is 1. The Morgan fingerprint density at radius 1 is 0.654 bits per heavy atom. The normalized spacial score (nSPS) is 16.1. The molecule has 0 aliphatic carbocycles. The Balaban J connectivity index is 6.18. The molecule has 0 heterocycles. The van der Waals surface area contributed by atoms with Crippen LogP contribution in [0.25, 0.3) is 0 Å². The summed E-state index contributed by atoms with van der Waals surface area (Å²) < 4.78 is 186. The molecule has 3 nitrogen and oxygen atoms in total. The zero-order chi connectivity index (χ0) is 21.6. The van der Waals surface area contributed by atoms with Crippen LogP contribution >= 0.6 is 0 Å². The minimum atomic E-state index is -7.73. The van der Waals surface area contributed by atoms with Crippen molar-refractivity contribution in [1.82, 2.24) is 0 Å². The van der Waals surface area contributed by atoms with Crippen molar-refractivity contribution >= 4 is 10.1 Å². The third kappa shape index (κ3) is 3.84. The van der Waals surface area contributed by atoms with Gasteiger partial charge in [-0.15, -0.1) is 0 Å². The molecule has 0 aromatic rings. The zero-order valence-electron chi connectivity index (χ0n) is 12.3. The fraction of sp³-hybridized carbons (Fsp3) is 1.00. The molecule has 0 atom stereocenters. The number of rotatable bonds is 9. The van der Waals surface area contributed by atoms with E-state index in [0.717, 1.165) is 0 Å². The van der Waals surface area contributed by atoms with Gasteiger partial charge in [0.15, 0.2) is 0 Å². The van der Waals surface area contributed by atoms with E-state index in [1.54, 1.807) is 0 Å². The van der Waals surface area contributed by atoms with Crippen LogP contribution in [0.1, 0.15) is 19.8 Å². The van der Waals surface area contributed by atoms with Crippen LogP contribution in [0.3, 0.4) is 0 Å². The van der Waals surface area contributed by atoms with Crippen LogP contribution in [-0.2, 0) is 10.1 Å². The van der Waals surface area contributed by atoms with Crippen molar-refractivity contribution in [3.63, 3.8) is 0 Å². The Morgan fingerprint density at radius 3 is 1.23 bits per heavy atom. The topological polar surface area (TPSA) is 54.4 Å². The van der Waals surface area contributed by atoms with Gasteiger partial charge in [-0.25, -0.2) is 0 Å². The van der Waals surface area contributed by atoms with Crippen LogP contribution < -0.4 is 0 Å². The van der Waals surface area contributed by atoms with Crippen molar-refractivity contribution in [2.24, 2.45) is 0 Å². The summed E-state index contributed by atoms with van der Waals surface area (Å²) in [7, 11) is -5.47. The summed E-state index contributed by atoms with van der Waals surface area (Å²) in [6.07, 6.45) is -5.11. The van der Waals surface area contributed by atoms with E-state index >= 15 is 0 Å².